The Morgan fingerprint density at radius 3 is 2.68 bits per heavy atom. The zero-order chi connectivity index (χ0) is 16.7. The third kappa shape index (κ3) is 5.21. The van der Waals surface area contributed by atoms with Gasteiger partial charge in [-0.05, 0) is 0 Å². The number of nitrogens with one attached hydrogen (secondary N) is 2. The summed E-state index contributed by atoms with van der Waals surface area (Å²) in [6.07, 6.45) is -2.97. The second-order valence-corrected chi connectivity index (χ2v) is 4.28. The van der Waals surface area contributed by atoms with Crippen molar-refractivity contribution in [3.05, 3.63) is 33.1 Å². The van der Waals surface area contributed by atoms with Gasteiger partial charge in [-0.3, -0.25) is 19.1 Å². The molecule has 0 bridgehead atoms. The first kappa shape index (κ1) is 17.7. The first-order valence-corrected chi connectivity index (χ1v) is 6.12. The Labute approximate surface area is 123 Å². The van der Waals surface area contributed by atoms with Gasteiger partial charge in [-0.15, -0.1) is 0 Å². The molecule has 0 saturated carbocycles. The van der Waals surface area contributed by atoms with Crippen molar-refractivity contribution < 1.29 is 25.2 Å². The van der Waals surface area contributed by atoms with E-state index in [4.69, 9.17) is 10.2 Å². The van der Waals surface area contributed by atoms with Gasteiger partial charge in [-0.1, -0.05) is 0 Å². The van der Waals surface area contributed by atoms with Crippen LogP contribution < -0.4 is 16.7 Å². The number of carbonyl (C=O) groups excluding carboxylic acids is 1. The van der Waals surface area contributed by atoms with Crippen LogP contribution >= 0.6 is 0 Å². The first-order valence-electron chi connectivity index (χ1n) is 6.12. The molecule has 0 aromatic carbocycles. The van der Waals surface area contributed by atoms with Crippen LogP contribution in [0.25, 0.3) is 0 Å². The molecule has 122 valence electrons. The van der Waals surface area contributed by atoms with E-state index >= 15 is 0 Å². The van der Waals surface area contributed by atoms with Gasteiger partial charge in [0.05, 0.1) is 12.8 Å². The van der Waals surface area contributed by atoms with Gasteiger partial charge in [0.15, 0.2) is 0 Å². The molecule has 22 heavy (non-hydrogen) atoms. The lowest BCUT2D eigenvalue weighted by Gasteiger charge is -2.17. The summed E-state index contributed by atoms with van der Waals surface area (Å²) in [4.78, 5) is 35.6. The molecule has 11 heteroatoms. The lowest BCUT2D eigenvalue weighted by molar-refractivity contribution is -0.121. The van der Waals surface area contributed by atoms with E-state index in [0.717, 1.165) is 23.0 Å². The second-order valence-electron chi connectivity index (χ2n) is 4.28. The number of hydrogen-bond donors (Lipinski definition) is 6. The highest BCUT2D eigenvalue weighted by molar-refractivity contribution is 5.77. The third-order valence-electron chi connectivity index (χ3n) is 2.56. The fraction of sp³-hybridized carbons (Fsp3) is 0.455. The van der Waals surface area contributed by atoms with Crippen LogP contribution in [-0.2, 0) is 11.3 Å². The molecule has 0 saturated heterocycles. The Balaban J connectivity index is 2.54. The van der Waals surface area contributed by atoms with E-state index in [1.54, 1.807) is 0 Å². The van der Waals surface area contributed by atoms with Gasteiger partial charge in [-0.2, -0.15) is 5.10 Å². The molecule has 0 aliphatic heterocycles. The molecule has 1 aromatic rings. The molecular weight excluding hydrogens is 300 g/mol. The van der Waals surface area contributed by atoms with Crippen LogP contribution in [0.15, 0.2) is 27.0 Å². The quantitative estimate of drug-likeness (QED) is 0.218. The number of aliphatic hydroxyl groups excluding tert-OH is 4. The molecule has 1 rings (SSSR count). The van der Waals surface area contributed by atoms with E-state index in [-0.39, 0.29) is 0 Å². The Kier molecular flexibility index (Phi) is 6.59. The highest BCUT2D eigenvalue weighted by Crippen LogP contribution is 1.97. The van der Waals surface area contributed by atoms with Crippen molar-refractivity contribution in [3.8, 4) is 0 Å². The zero-order valence-corrected chi connectivity index (χ0v) is 11.3. The highest BCUT2D eigenvalue weighted by Gasteiger charge is 2.22. The predicted octanol–water partition coefficient (Wildman–Crippen LogP) is -4.29. The van der Waals surface area contributed by atoms with Crippen LogP contribution in [0.4, 0.5) is 0 Å². The largest absolute Gasteiger partial charge is 0.394 e. The van der Waals surface area contributed by atoms with E-state index in [1.165, 1.54) is 0 Å². The van der Waals surface area contributed by atoms with Gasteiger partial charge in [0.2, 0.25) is 0 Å². The maximum absolute atomic E-state index is 11.5. The number of amides is 1. The number of aliphatic hydroxyl groups is 4. The van der Waals surface area contributed by atoms with E-state index in [0.29, 0.717) is 0 Å². The standard InChI is InChI=1S/C11H16N4O7/c16-5-7(18)10(21)6(17)3-12-14-9(20)4-15-2-1-8(19)13-11(15)22/h1-3,6-7,10,16-18,21H,4-5H2,(H,14,20)(H,13,19,22)/b12-3+/t6-,7+,10+/m0/s1. The van der Waals surface area contributed by atoms with Crippen molar-refractivity contribution in [1.29, 1.82) is 0 Å². The number of aromatic amines is 1. The van der Waals surface area contributed by atoms with Crippen LogP contribution in [0.5, 0.6) is 0 Å². The number of H-pyrrole nitrogens is 1. The minimum atomic E-state index is -1.67. The van der Waals surface area contributed by atoms with Gasteiger partial charge in [0, 0.05) is 12.3 Å². The van der Waals surface area contributed by atoms with Crippen molar-refractivity contribution >= 4 is 12.1 Å². The van der Waals surface area contributed by atoms with E-state index in [1.807, 2.05) is 10.4 Å². The van der Waals surface area contributed by atoms with Crippen LogP contribution in [0.1, 0.15) is 0 Å². The number of nitrogens with zero attached hydrogens (tertiary/aromatic N) is 2. The summed E-state index contributed by atoms with van der Waals surface area (Å²) in [5, 5.41) is 39.7. The Hall–Kier alpha value is -2.34. The van der Waals surface area contributed by atoms with Crippen molar-refractivity contribution in [1.82, 2.24) is 15.0 Å². The average molecular weight is 316 g/mol. The van der Waals surface area contributed by atoms with Gasteiger partial charge >= 0.3 is 5.69 Å². The van der Waals surface area contributed by atoms with Crippen molar-refractivity contribution in [2.24, 2.45) is 5.10 Å². The topological polar surface area (TPSA) is 177 Å². The van der Waals surface area contributed by atoms with Crippen molar-refractivity contribution in [2.45, 2.75) is 24.9 Å². The van der Waals surface area contributed by atoms with E-state index in [2.05, 4.69) is 5.10 Å². The molecule has 3 atom stereocenters. The maximum Gasteiger partial charge on any atom is 0.328 e. The summed E-state index contributed by atoms with van der Waals surface area (Å²) in [5.74, 6) is -0.727. The summed E-state index contributed by atoms with van der Waals surface area (Å²) in [6.45, 7) is -1.18. The molecular formula is C11H16N4O7. The summed E-state index contributed by atoms with van der Waals surface area (Å²) in [6, 6.07) is 1.06. The molecule has 0 unspecified atom stereocenters. The van der Waals surface area contributed by atoms with Crippen LogP contribution in [-0.4, -0.2) is 67.0 Å². The average Bonchev–Trinajstić information content (AvgIpc) is 2.48. The summed E-state index contributed by atoms with van der Waals surface area (Å²) >= 11 is 0. The maximum atomic E-state index is 11.5. The Morgan fingerprint density at radius 2 is 2.09 bits per heavy atom. The third-order valence-corrected chi connectivity index (χ3v) is 2.56. The molecule has 0 radical (unpaired) electrons. The van der Waals surface area contributed by atoms with E-state index < -0.39 is 48.6 Å². The Bertz CT molecular complexity index is 638. The molecule has 11 nitrogen and oxygen atoms in total. The number of hydrogen-bond acceptors (Lipinski definition) is 8. The highest BCUT2D eigenvalue weighted by atomic mass is 16.4. The summed E-state index contributed by atoms with van der Waals surface area (Å²) < 4.78 is 0.924. The molecule has 0 spiro atoms. The molecule has 1 heterocycles. The van der Waals surface area contributed by atoms with Gasteiger partial charge < -0.3 is 20.4 Å². The van der Waals surface area contributed by atoms with Crippen molar-refractivity contribution in [2.75, 3.05) is 6.61 Å². The molecule has 0 fully saturated rings. The zero-order valence-electron chi connectivity index (χ0n) is 11.3. The minimum Gasteiger partial charge on any atom is -0.394 e. The lowest BCUT2D eigenvalue weighted by atomic mass is 10.1. The number of rotatable bonds is 7. The summed E-state index contributed by atoms with van der Waals surface area (Å²) in [7, 11) is 0. The van der Waals surface area contributed by atoms with Crippen LogP contribution in [0.2, 0.25) is 0 Å². The van der Waals surface area contributed by atoms with Crippen molar-refractivity contribution in [3.63, 3.8) is 0 Å². The number of aromatic nitrogens is 2. The van der Waals surface area contributed by atoms with Gasteiger partial charge in [-0.25, -0.2) is 10.2 Å². The molecule has 0 aliphatic rings. The SMILES string of the molecule is O=C(Cn1ccc(=O)[nH]c1=O)N/N=C/[C@H](O)[C@@H](O)[C@H](O)CO. The Morgan fingerprint density at radius 1 is 1.41 bits per heavy atom. The smallest absolute Gasteiger partial charge is 0.328 e. The fourth-order valence-electron chi connectivity index (χ4n) is 1.37. The number of carbonyl (C=O) groups is 1. The minimum absolute atomic E-state index is 0.426. The molecule has 1 amide bonds. The monoisotopic (exact) mass is 316 g/mol. The second kappa shape index (κ2) is 8.19. The van der Waals surface area contributed by atoms with Crippen LogP contribution in [0, 0.1) is 0 Å². The van der Waals surface area contributed by atoms with Gasteiger partial charge in [0.1, 0.15) is 24.9 Å². The summed E-state index contributed by atoms with van der Waals surface area (Å²) in [5.41, 5.74) is 0.611. The molecule has 0 aliphatic carbocycles. The lowest BCUT2D eigenvalue weighted by Crippen LogP contribution is -2.40. The predicted molar refractivity (Wildman–Crippen MR) is 73.1 cm³/mol. The fourth-order valence-corrected chi connectivity index (χ4v) is 1.37. The molecule has 1 aromatic heterocycles. The van der Waals surface area contributed by atoms with Gasteiger partial charge in [0.25, 0.3) is 11.5 Å². The van der Waals surface area contributed by atoms with Crippen LogP contribution in [0.3, 0.4) is 0 Å². The van der Waals surface area contributed by atoms with E-state index in [9.17, 15) is 24.6 Å². The molecule has 6 N–H and O–H groups in total. The first-order chi connectivity index (χ1) is 10.3. The normalized spacial score (nSPS) is 15.5. The number of hydrazone groups is 1.